The van der Waals surface area contributed by atoms with Gasteiger partial charge in [0.15, 0.2) is 0 Å². The highest BCUT2D eigenvalue weighted by molar-refractivity contribution is 5.81. The lowest BCUT2D eigenvalue weighted by Crippen LogP contribution is -2.29. The summed E-state index contributed by atoms with van der Waals surface area (Å²) in [5, 5.41) is 0. The Morgan fingerprint density at radius 2 is 1.85 bits per heavy atom. The second-order valence-corrected chi connectivity index (χ2v) is 6.56. The standard InChI is InChI=1S/C20H22/c1-3-15-7-6-12-20(15)18-9-5-4-8-16(18)17-11-10-14(2)13-19(17)20/h4-5,8-11,13,15H,3,6-7,12H2,1-2H3. The SMILES string of the molecule is CCC1CCCC12c1ccccc1-c1ccc(C)cc12. The molecule has 102 valence electrons. The molecule has 0 nitrogen and oxygen atoms in total. The van der Waals surface area contributed by atoms with E-state index in [-0.39, 0.29) is 0 Å². The number of fused-ring (bicyclic) bond motifs is 5. The molecule has 0 radical (unpaired) electrons. The van der Waals surface area contributed by atoms with Crippen LogP contribution in [-0.2, 0) is 5.41 Å². The number of hydrogen-bond acceptors (Lipinski definition) is 0. The van der Waals surface area contributed by atoms with Gasteiger partial charge in [-0.1, -0.05) is 67.8 Å². The fourth-order valence-corrected chi connectivity index (χ4v) is 4.85. The van der Waals surface area contributed by atoms with Crippen molar-refractivity contribution in [1.82, 2.24) is 0 Å². The van der Waals surface area contributed by atoms with Gasteiger partial charge in [-0.25, -0.2) is 0 Å². The van der Waals surface area contributed by atoms with Crippen LogP contribution in [0.3, 0.4) is 0 Å². The second-order valence-electron chi connectivity index (χ2n) is 6.56. The van der Waals surface area contributed by atoms with Gasteiger partial charge in [0.2, 0.25) is 0 Å². The predicted octanol–water partition coefficient (Wildman–Crippen LogP) is 5.47. The van der Waals surface area contributed by atoms with Crippen LogP contribution >= 0.6 is 0 Å². The molecule has 2 aromatic carbocycles. The van der Waals surface area contributed by atoms with Gasteiger partial charge in [0.05, 0.1) is 0 Å². The lowest BCUT2D eigenvalue weighted by Gasteiger charge is -2.34. The van der Waals surface area contributed by atoms with Crippen LogP contribution in [0.2, 0.25) is 0 Å². The highest BCUT2D eigenvalue weighted by atomic mass is 14.5. The summed E-state index contributed by atoms with van der Waals surface area (Å²) >= 11 is 0. The van der Waals surface area contributed by atoms with Crippen molar-refractivity contribution in [1.29, 1.82) is 0 Å². The van der Waals surface area contributed by atoms with E-state index in [0.717, 1.165) is 5.92 Å². The van der Waals surface area contributed by atoms with E-state index in [1.807, 2.05) is 0 Å². The average molecular weight is 262 g/mol. The van der Waals surface area contributed by atoms with Gasteiger partial charge in [0.1, 0.15) is 0 Å². The fraction of sp³-hybridized carbons (Fsp3) is 0.400. The molecule has 2 aliphatic rings. The van der Waals surface area contributed by atoms with Crippen molar-refractivity contribution in [2.75, 3.05) is 0 Å². The zero-order valence-corrected chi connectivity index (χ0v) is 12.4. The Morgan fingerprint density at radius 3 is 2.70 bits per heavy atom. The maximum atomic E-state index is 2.46. The zero-order chi connectivity index (χ0) is 13.7. The molecule has 1 saturated carbocycles. The van der Waals surface area contributed by atoms with Crippen LogP contribution in [0.15, 0.2) is 42.5 Å². The smallest absolute Gasteiger partial charge is 0.0243 e. The lowest BCUT2D eigenvalue weighted by molar-refractivity contribution is 0.371. The van der Waals surface area contributed by atoms with Crippen LogP contribution in [0.1, 0.15) is 49.3 Å². The first-order chi connectivity index (χ1) is 9.77. The Hall–Kier alpha value is -1.56. The number of hydrogen-bond donors (Lipinski definition) is 0. The molecular formula is C20H22. The summed E-state index contributed by atoms with van der Waals surface area (Å²) in [5.41, 5.74) is 7.91. The third-order valence-corrected chi connectivity index (χ3v) is 5.67. The van der Waals surface area contributed by atoms with E-state index in [1.165, 1.54) is 42.4 Å². The Labute approximate surface area is 121 Å². The summed E-state index contributed by atoms with van der Waals surface area (Å²) in [6, 6.07) is 16.2. The van der Waals surface area contributed by atoms with E-state index in [4.69, 9.17) is 0 Å². The van der Waals surface area contributed by atoms with Crippen molar-refractivity contribution in [2.24, 2.45) is 5.92 Å². The van der Waals surface area contributed by atoms with Gasteiger partial charge in [0.25, 0.3) is 0 Å². The average Bonchev–Trinajstić information content (AvgIpc) is 3.02. The van der Waals surface area contributed by atoms with Crippen molar-refractivity contribution < 1.29 is 0 Å². The Kier molecular flexibility index (Phi) is 2.57. The zero-order valence-electron chi connectivity index (χ0n) is 12.4. The molecule has 2 atom stereocenters. The molecule has 2 aliphatic carbocycles. The van der Waals surface area contributed by atoms with E-state index < -0.39 is 0 Å². The maximum absolute atomic E-state index is 2.46. The molecule has 20 heavy (non-hydrogen) atoms. The van der Waals surface area contributed by atoms with E-state index in [0.29, 0.717) is 5.41 Å². The number of rotatable bonds is 1. The highest BCUT2D eigenvalue weighted by Gasteiger charge is 2.50. The van der Waals surface area contributed by atoms with Crippen molar-refractivity contribution in [3.05, 3.63) is 59.2 Å². The molecule has 1 fully saturated rings. The van der Waals surface area contributed by atoms with Crippen molar-refractivity contribution >= 4 is 0 Å². The molecule has 1 spiro atoms. The molecule has 0 heteroatoms. The van der Waals surface area contributed by atoms with Gasteiger partial charge >= 0.3 is 0 Å². The first-order valence-corrected chi connectivity index (χ1v) is 7.98. The summed E-state index contributed by atoms with van der Waals surface area (Å²) < 4.78 is 0. The van der Waals surface area contributed by atoms with Gasteiger partial charge in [-0.05, 0) is 47.9 Å². The molecule has 0 aromatic heterocycles. The molecular weight excluding hydrogens is 240 g/mol. The minimum Gasteiger partial charge on any atom is -0.0651 e. The van der Waals surface area contributed by atoms with Crippen molar-refractivity contribution in [3.8, 4) is 11.1 Å². The summed E-state index contributed by atoms with van der Waals surface area (Å²) in [4.78, 5) is 0. The minimum absolute atomic E-state index is 0.312. The van der Waals surface area contributed by atoms with Gasteiger partial charge in [0, 0.05) is 5.41 Å². The highest BCUT2D eigenvalue weighted by Crippen LogP contribution is 2.60. The third-order valence-electron chi connectivity index (χ3n) is 5.67. The van der Waals surface area contributed by atoms with Gasteiger partial charge < -0.3 is 0 Å². The van der Waals surface area contributed by atoms with Crippen molar-refractivity contribution in [3.63, 3.8) is 0 Å². The summed E-state index contributed by atoms with van der Waals surface area (Å²) in [7, 11) is 0. The van der Waals surface area contributed by atoms with E-state index in [2.05, 4.69) is 56.3 Å². The molecule has 0 N–H and O–H groups in total. The van der Waals surface area contributed by atoms with Crippen LogP contribution in [0.25, 0.3) is 11.1 Å². The fourth-order valence-electron chi connectivity index (χ4n) is 4.85. The van der Waals surface area contributed by atoms with Gasteiger partial charge in [-0.15, -0.1) is 0 Å². The molecule has 0 aliphatic heterocycles. The van der Waals surface area contributed by atoms with Crippen LogP contribution in [0.5, 0.6) is 0 Å². The molecule has 0 bridgehead atoms. The minimum atomic E-state index is 0.312. The van der Waals surface area contributed by atoms with Crippen molar-refractivity contribution in [2.45, 2.75) is 44.9 Å². The first kappa shape index (κ1) is 12.2. The van der Waals surface area contributed by atoms with E-state index in [9.17, 15) is 0 Å². The van der Waals surface area contributed by atoms with Crippen LogP contribution in [0.4, 0.5) is 0 Å². The largest absolute Gasteiger partial charge is 0.0651 e. The quantitative estimate of drug-likeness (QED) is 0.639. The normalized spacial score (nSPS) is 26.8. The monoisotopic (exact) mass is 262 g/mol. The van der Waals surface area contributed by atoms with Crippen LogP contribution < -0.4 is 0 Å². The van der Waals surface area contributed by atoms with Gasteiger partial charge in [-0.3, -0.25) is 0 Å². The summed E-state index contributed by atoms with van der Waals surface area (Å²) in [6.45, 7) is 4.60. The van der Waals surface area contributed by atoms with Gasteiger partial charge in [-0.2, -0.15) is 0 Å². The molecule has 4 rings (SSSR count). The van der Waals surface area contributed by atoms with E-state index in [1.54, 1.807) is 11.1 Å². The molecule has 2 aromatic rings. The summed E-state index contributed by atoms with van der Waals surface area (Å²) in [6.07, 6.45) is 5.39. The van der Waals surface area contributed by atoms with E-state index >= 15 is 0 Å². The molecule has 0 amide bonds. The second kappa shape index (κ2) is 4.22. The lowest BCUT2D eigenvalue weighted by atomic mass is 9.69. The third kappa shape index (κ3) is 1.37. The first-order valence-electron chi connectivity index (χ1n) is 7.98. The molecule has 0 saturated heterocycles. The number of benzene rings is 2. The summed E-state index contributed by atoms with van der Waals surface area (Å²) in [5.74, 6) is 0.812. The maximum Gasteiger partial charge on any atom is 0.0243 e. The molecule has 2 unspecified atom stereocenters. The van der Waals surface area contributed by atoms with Crippen LogP contribution in [-0.4, -0.2) is 0 Å². The predicted molar refractivity (Wildman–Crippen MR) is 85.0 cm³/mol. The topological polar surface area (TPSA) is 0 Å². The Balaban J connectivity index is 2.06. The Bertz CT molecular complexity index is 667. The number of aryl methyl sites for hydroxylation is 1. The Morgan fingerprint density at radius 1 is 1.05 bits per heavy atom. The van der Waals surface area contributed by atoms with Crippen LogP contribution in [0, 0.1) is 12.8 Å². The molecule has 0 heterocycles.